The molecule has 0 aromatic rings. The Hall–Kier alpha value is 0.429. The van der Waals surface area contributed by atoms with Gasteiger partial charge in [0.05, 0.1) is 0 Å². The number of rotatable bonds is 0. The van der Waals surface area contributed by atoms with Crippen molar-refractivity contribution >= 4 is 11.0 Å². The topological polar surface area (TPSA) is 54.4 Å². The van der Waals surface area contributed by atoms with Gasteiger partial charge < -0.3 is 0 Å². The maximum absolute atomic E-state index is 8.59. The van der Waals surface area contributed by atoms with E-state index in [0.29, 0.717) is 0 Å². The summed E-state index contributed by atoms with van der Waals surface area (Å²) in [4.78, 5) is 0. The third-order valence-electron chi connectivity index (χ3n) is 0. The minimum absolute atomic E-state index is 0. The molecule has 1 radical (unpaired) electrons. The van der Waals surface area contributed by atoms with Crippen LogP contribution in [0.1, 0.15) is 0 Å². The van der Waals surface area contributed by atoms with Gasteiger partial charge in [0, 0.05) is 17.1 Å². The van der Waals surface area contributed by atoms with Crippen molar-refractivity contribution in [3.63, 3.8) is 0 Å². The monoisotopic (exact) mass is 137 g/mol. The third kappa shape index (κ3) is 142. The van der Waals surface area contributed by atoms with Crippen LogP contribution in [0.2, 0.25) is 0 Å². The predicted molar refractivity (Wildman–Crippen MR) is 12.9 cm³/mol. The standard InChI is InChI=1S/Mn.H2O3S/c;1-4(2)3/h;4H,(H,1,2,3). The number of hydrogen-bond acceptors (Lipinski definition) is 2. The van der Waals surface area contributed by atoms with E-state index in [0.717, 1.165) is 0 Å². The van der Waals surface area contributed by atoms with Gasteiger partial charge in [-0.3, -0.25) is 4.55 Å². The Morgan fingerprint density at radius 2 is 1.40 bits per heavy atom. The predicted octanol–water partition coefficient (Wildman–Crippen LogP) is -0.932. The van der Waals surface area contributed by atoms with Crippen LogP contribution in [0, 0.1) is 0 Å². The molecule has 0 atom stereocenters. The van der Waals surface area contributed by atoms with E-state index in [-0.39, 0.29) is 17.1 Å². The Morgan fingerprint density at radius 1 is 1.40 bits per heavy atom. The van der Waals surface area contributed by atoms with Crippen LogP contribution in [0.3, 0.4) is 0 Å². The first-order chi connectivity index (χ1) is 1.73. The van der Waals surface area contributed by atoms with E-state index in [1.165, 1.54) is 0 Å². The first-order valence-corrected chi connectivity index (χ1v) is 1.70. The van der Waals surface area contributed by atoms with Crippen LogP contribution in [0.25, 0.3) is 0 Å². The molecule has 0 saturated carbocycles. The molecule has 0 aliphatic rings. The zero-order valence-corrected chi connectivity index (χ0v) is 4.16. The fourth-order valence-corrected chi connectivity index (χ4v) is 0. The van der Waals surface area contributed by atoms with Crippen LogP contribution in [0.5, 0.6) is 0 Å². The van der Waals surface area contributed by atoms with Crippen molar-refractivity contribution in [2.45, 2.75) is 0 Å². The molecule has 5 heavy (non-hydrogen) atoms. The summed E-state index contributed by atoms with van der Waals surface area (Å²) in [7, 11) is -3.12. The first kappa shape index (κ1) is 9.06. The van der Waals surface area contributed by atoms with E-state index in [4.69, 9.17) is 13.0 Å². The fraction of sp³-hybridized carbons (Fsp3) is 0. The van der Waals surface area contributed by atoms with E-state index >= 15 is 0 Å². The zero-order chi connectivity index (χ0) is 3.58. The summed E-state index contributed by atoms with van der Waals surface area (Å²) < 4.78 is 24.2. The molecular formula is H2MnO3S. The van der Waals surface area contributed by atoms with Gasteiger partial charge in [-0.1, -0.05) is 0 Å². The molecule has 0 spiro atoms. The minimum Gasteiger partial charge on any atom is -0.288 e. The van der Waals surface area contributed by atoms with Crippen molar-refractivity contribution in [1.29, 1.82) is 0 Å². The van der Waals surface area contributed by atoms with Crippen LogP contribution < -0.4 is 0 Å². The van der Waals surface area contributed by atoms with E-state index in [9.17, 15) is 0 Å². The summed E-state index contributed by atoms with van der Waals surface area (Å²) in [5.74, 6) is 0. The molecule has 3 nitrogen and oxygen atoms in total. The van der Waals surface area contributed by atoms with Gasteiger partial charge in [-0.2, -0.15) is 0 Å². The minimum atomic E-state index is -3.12. The van der Waals surface area contributed by atoms with E-state index in [1.54, 1.807) is 0 Å². The van der Waals surface area contributed by atoms with Crippen LogP contribution >= 0.6 is 0 Å². The summed E-state index contributed by atoms with van der Waals surface area (Å²) in [6.45, 7) is 0. The van der Waals surface area contributed by atoms with Crippen molar-refractivity contribution in [3.05, 3.63) is 0 Å². The fourth-order valence-electron chi connectivity index (χ4n) is 0. The normalized spacial score (nSPS) is 6.80. The van der Waals surface area contributed by atoms with Crippen molar-refractivity contribution < 1.29 is 30.0 Å². The zero-order valence-electron chi connectivity index (χ0n) is 2.09. The molecule has 0 fully saturated rings. The number of thiol groups is 1. The summed E-state index contributed by atoms with van der Waals surface area (Å²) in [6, 6.07) is 0. The summed E-state index contributed by atoms with van der Waals surface area (Å²) >= 11 is 0. The Kier molecular flexibility index (Phi) is 8.02. The molecule has 0 aromatic carbocycles. The second kappa shape index (κ2) is 4.43. The summed E-state index contributed by atoms with van der Waals surface area (Å²) in [6.07, 6.45) is 0. The summed E-state index contributed by atoms with van der Waals surface area (Å²) in [5, 5.41) is 0. The van der Waals surface area contributed by atoms with E-state index < -0.39 is 11.0 Å². The van der Waals surface area contributed by atoms with Gasteiger partial charge in [0.1, 0.15) is 0 Å². The number of hydrogen-bond donors (Lipinski definition) is 2. The third-order valence-corrected chi connectivity index (χ3v) is 0. The van der Waals surface area contributed by atoms with Gasteiger partial charge in [-0.25, -0.2) is 8.42 Å². The van der Waals surface area contributed by atoms with Gasteiger partial charge in [0.15, 0.2) is 0 Å². The van der Waals surface area contributed by atoms with Crippen LogP contribution in [-0.4, -0.2) is 13.0 Å². The van der Waals surface area contributed by atoms with Crippen molar-refractivity contribution in [2.24, 2.45) is 0 Å². The Bertz CT molecular complexity index is 55.3. The largest absolute Gasteiger partial charge is 0.288 e. The molecule has 0 aliphatic heterocycles. The van der Waals surface area contributed by atoms with Gasteiger partial charge in [0.25, 0.3) is 11.0 Å². The Morgan fingerprint density at radius 3 is 1.40 bits per heavy atom. The van der Waals surface area contributed by atoms with Crippen LogP contribution in [0.4, 0.5) is 0 Å². The van der Waals surface area contributed by atoms with Crippen molar-refractivity contribution in [1.82, 2.24) is 0 Å². The Labute approximate surface area is 41.6 Å². The molecule has 0 aliphatic carbocycles. The van der Waals surface area contributed by atoms with E-state index in [2.05, 4.69) is 0 Å². The van der Waals surface area contributed by atoms with E-state index in [1.807, 2.05) is 0 Å². The average molecular weight is 137 g/mol. The van der Waals surface area contributed by atoms with Crippen LogP contribution in [-0.2, 0) is 28.1 Å². The van der Waals surface area contributed by atoms with Gasteiger partial charge >= 0.3 is 0 Å². The molecular weight excluding hydrogens is 135 g/mol. The van der Waals surface area contributed by atoms with Crippen molar-refractivity contribution in [2.75, 3.05) is 0 Å². The maximum atomic E-state index is 8.59. The second-order valence-electron chi connectivity index (χ2n) is 0.238. The van der Waals surface area contributed by atoms with Crippen LogP contribution in [0.15, 0.2) is 0 Å². The maximum Gasteiger partial charge on any atom is 0.254 e. The molecule has 33 valence electrons. The molecule has 0 unspecified atom stereocenters. The molecule has 0 heterocycles. The molecule has 0 rings (SSSR count). The van der Waals surface area contributed by atoms with Gasteiger partial charge in [-0.05, 0) is 0 Å². The molecule has 0 bridgehead atoms. The first-order valence-electron chi connectivity index (χ1n) is 0.565. The summed E-state index contributed by atoms with van der Waals surface area (Å²) in [5.41, 5.74) is 0. The molecule has 5 heteroatoms. The molecule has 0 saturated heterocycles. The second-order valence-corrected chi connectivity index (χ2v) is 0.714. The smallest absolute Gasteiger partial charge is 0.254 e. The van der Waals surface area contributed by atoms with Crippen molar-refractivity contribution in [3.8, 4) is 0 Å². The SMILES string of the molecule is O=[SH](=O)O.[Mn]. The quantitative estimate of drug-likeness (QED) is 0.257. The molecule has 0 amide bonds. The average Bonchev–Trinajstić information content (AvgIpc) is 0.811. The van der Waals surface area contributed by atoms with Gasteiger partial charge in [-0.15, -0.1) is 0 Å². The van der Waals surface area contributed by atoms with Gasteiger partial charge in [0.2, 0.25) is 0 Å². The Balaban J connectivity index is 0. The molecule has 0 aromatic heterocycles. The molecule has 1 N–H and O–H groups in total.